The van der Waals surface area contributed by atoms with E-state index in [0.717, 1.165) is 32.1 Å². The van der Waals surface area contributed by atoms with E-state index in [1.807, 2.05) is 6.08 Å². The van der Waals surface area contributed by atoms with E-state index in [-0.39, 0.29) is 6.61 Å². The minimum Gasteiger partial charge on any atom is -0.394 e. The molecule has 0 bridgehead atoms. The summed E-state index contributed by atoms with van der Waals surface area (Å²) in [4.78, 5) is 12.5. The van der Waals surface area contributed by atoms with Gasteiger partial charge in [0.15, 0.2) is 0 Å². The number of rotatable bonds is 46. The minimum absolute atomic E-state index is 0.363. The van der Waals surface area contributed by atoms with Crippen LogP contribution in [-0.4, -0.2) is 46.1 Å². The highest BCUT2D eigenvalue weighted by Gasteiger charge is 2.22. The number of carbonyl (C=O) groups excluding carboxylic acids is 1. The van der Waals surface area contributed by atoms with E-state index in [1.165, 1.54) is 218 Å². The molecule has 0 aromatic carbocycles. The van der Waals surface area contributed by atoms with Gasteiger partial charge in [-0.15, -0.1) is 0 Å². The molecule has 4 N–H and O–H groups in total. The van der Waals surface area contributed by atoms with Crippen LogP contribution in [0.2, 0.25) is 0 Å². The highest BCUT2D eigenvalue weighted by Crippen LogP contribution is 2.16. The molecule has 5 nitrogen and oxygen atoms in total. The zero-order chi connectivity index (χ0) is 40.8. The number of allylic oxidation sites excluding steroid dienone is 3. The molecular formula is C51H99NO4. The van der Waals surface area contributed by atoms with Gasteiger partial charge in [0.25, 0.3) is 0 Å². The molecule has 56 heavy (non-hydrogen) atoms. The van der Waals surface area contributed by atoms with Crippen molar-refractivity contribution in [3.8, 4) is 0 Å². The van der Waals surface area contributed by atoms with E-state index in [2.05, 4.69) is 31.3 Å². The van der Waals surface area contributed by atoms with E-state index in [0.29, 0.717) is 6.42 Å². The molecule has 332 valence electrons. The molecule has 0 fully saturated rings. The quantitative estimate of drug-likeness (QED) is 0.0365. The van der Waals surface area contributed by atoms with Crippen LogP contribution in [0.25, 0.3) is 0 Å². The van der Waals surface area contributed by atoms with Gasteiger partial charge in [-0.2, -0.15) is 0 Å². The third kappa shape index (κ3) is 41.0. The van der Waals surface area contributed by atoms with Crippen LogP contribution in [0.1, 0.15) is 271 Å². The van der Waals surface area contributed by atoms with Gasteiger partial charge in [-0.25, -0.2) is 0 Å². The molecule has 0 saturated heterocycles. The first-order chi connectivity index (χ1) is 27.6. The van der Waals surface area contributed by atoms with Crippen LogP contribution < -0.4 is 5.32 Å². The Morgan fingerprint density at radius 2 is 0.714 bits per heavy atom. The van der Waals surface area contributed by atoms with Crippen molar-refractivity contribution >= 4 is 5.91 Å². The van der Waals surface area contributed by atoms with Crippen molar-refractivity contribution in [3.63, 3.8) is 0 Å². The molecule has 0 aliphatic carbocycles. The largest absolute Gasteiger partial charge is 0.394 e. The summed E-state index contributed by atoms with van der Waals surface area (Å²) in [5.41, 5.74) is 0. The predicted octanol–water partition coefficient (Wildman–Crippen LogP) is 14.9. The fourth-order valence-electron chi connectivity index (χ4n) is 7.83. The van der Waals surface area contributed by atoms with E-state index in [1.54, 1.807) is 6.08 Å². The van der Waals surface area contributed by atoms with E-state index in [9.17, 15) is 20.1 Å². The van der Waals surface area contributed by atoms with Gasteiger partial charge in [-0.05, 0) is 44.9 Å². The lowest BCUT2D eigenvalue weighted by atomic mass is 10.0. The Hall–Kier alpha value is -1.17. The molecule has 0 heterocycles. The molecule has 0 aromatic heterocycles. The first kappa shape index (κ1) is 54.8. The topological polar surface area (TPSA) is 89.8 Å². The third-order valence-corrected chi connectivity index (χ3v) is 11.8. The average molecular weight is 790 g/mol. The molecule has 0 rings (SSSR count). The summed E-state index contributed by atoms with van der Waals surface area (Å²) in [6.07, 6.45) is 58.0. The third-order valence-electron chi connectivity index (χ3n) is 11.8. The maximum atomic E-state index is 12.5. The summed E-state index contributed by atoms with van der Waals surface area (Å²) in [5.74, 6) is -0.505. The summed E-state index contributed by atoms with van der Waals surface area (Å²) < 4.78 is 0. The molecule has 0 spiro atoms. The van der Waals surface area contributed by atoms with Crippen LogP contribution in [0.5, 0.6) is 0 Å². The predicted molar refractivity (Wildman–Crippen MR) is 245 cm³/mol. The Bertz CT molecular complexity index is 829. The minimum atomic E-state index is -1.10. The van der Waals surface area contributed by atoms with Crippen LogP contribution in [-0.2, 0) is 4.79 Å². The van der Waals surface area contributed by atoms with Gasteiger partial charge < -0.3 is 20.6 Å². The molecule has 3 atom stereocenters. The molecule has 0 aromatic rings. The number of hydrogen-bond acceptors (Lipinski definition) is 4. The number of amides is 1. The lowest BCUT2D eigenvalue weighted by molar-refractivity contribution is -0.131. The fourth-order valence-corrected chi connectivity index (χ4v) is 7.83. The highest BCUT2D eigenvalue weighted by molar-refractivity contribution is 5.80. The standard InChI is InChI=1S/C51H99NO4/c1-3-5-7-9-11-13-15-17-19-21-23-24-25-26-28-29-31-33-35-37-39-41-43-45-49(54)48(47-53)52-51(56)50(55)46-44-42-40-38-36-34-32-30-27-22-20-18-16-14-12-10-8-6-4-2/h27,30,43,45,48-50,53-55H,3-26,28-29,31-42,44,46-47H2,1-2H3,(H,52,56)/b30-27-,45-43+. The number of nitrogens with one attached hydrogen (secondary N) is 1. The van der Waals surface area contributed by atoms with Crippen molar-refractivity contribution in [2.24, 2.45) is 0 Å². The van der Waals surface area contributed by atoms with Crippen LogP contribution in [0.4, 0.5) is 0 Å². The lowest BCUT2D eigenvalue weighted by Crippen LogP contribution is -2.48. The molecular weight excluding hydrogens is 691 g/mol. The van der Waals surface area contributed by atoms with E-state index >= 15 is 0 Å². The molecule has 0 saturated carbocycles. The number of hydrogen-bond donors (Lipinski definition) is 4. The summed E-state index contributed by atoms with van der Waals surface area (Å²) in [7, 11) is 0. The van der Waals surface area contributed by atoms with Gasteiger partial charge >= 0.3 is 0 Å². The Morgan fingerprint density at radius 1 is 0.429 bits per heavy atom. The summed E-state index contributed by atoms with van der Waals surface area (Å²) in [6, 6.07) is -0.799. The number of aliphatic hydroxyl groups is 3. The molecule has 3 unspecified atom stereocenters. The zero-order valence-electron chi connectivity index (χ0n) is 37.8. The maximum absolute atomic E-state index is 12.5. The maximum Gasteiger partial charge on any atom is 0.249 e. The van der Waals surface area contributed by atoms with E-state index in [4.69, 9.17) is 0 Å². The smallest absolute Gasteiger partial charge is 0.249 e. The number of carbonyl (C=O) groups is 1. The summed E-state index contributed by atoms with van der Waals surface area (Å²) in [6.45, 7) is 4.20. The fraction of sp³-hybridized carbons (Fsp3) is 0.902. The van der Waals surface area contributed by atoms with E-state index < -0.39 is 24.2 Å². The molecule has 1 amide bonds. The van der Waals surface area contributed by atoms with Crippen molar-refractivity contribution in [2.45, 2.75) is 289 Å². The first-order valence-electron chi connectivity index (χ1n) is 25.2. The summed E-state index contributed by atoms with van der Waals surface area (Å²) in [5, 5.41) is 33.3. The Balaban J connectivity index is 3.62. The van der Waals surface area contributed by atoms with Gasteiger partial charge in [0.2, 0.25) is 5.91 Å². The summed E-state index contributed by atoms with van der Waals surface area (Å²) >= 11 is 0. The first-order valence-corrected chi connectivity index (χ1v) is 25.2. The average Bonchev–Trinajstić information content (AvgIpc) is 3.20. The number of unbranched alkanes of at least 4 members (excludes halogenated alkanes) is 36. The van der Waals surface area contributed by atoms with Crippen LogP contribution in [0.3, 0.4) is 0 Å². The van der Waals surface area contributed by atoms with Crippen molar-refractivity contribution in [1.29, 1.82) is 0 Å². The van der Waals surface area contributed by atoms with Crippen molar-refractivity contribution < 1.29 is 20.1 Å². The second-order valence-electron chi connectivity index (χ2n) is 17.4. The van der Waals surface area contributed by atoms with Gasteiger partial charge in [0.1, 0.15) is 6.10 Å². The molecule has 5 heteroatoms. The Morgan fingerprint density at radius 3 is 1.04 bits per heavy atom. The van der Waals surface area contributed by atoms with Gasteiger partial charge in [0.05, 0.1) is 18.8 Å². The highest BCUT2D eigenvalue weighted by atomic mass is 16.3. The van der Waals surface area contributed by atoms with Gasteiger partial charge in [-0.1, -0.05) is 250 Å². The second kappa shape index (κ2) is 46.5. The van der Waals surface area contributed by atoms with Gasteiger partial charge in [0, 0.05) is 0 Å². The van der Waals surface area contributed by atoms with Crippen molar-refractivity contribution in [2.75, 3.05) is 6.61 Å². The van der Waals surface area contributed by atoms with Crippen LogP contribution in [0, 0.1) is 0 Å². The van der Waals surface area contributed by atoms with Crippen LogP contribution >= 0.6 is 0 Å². The van der Waals surface area contributed by atoms with Crippen LogP contribution in [0.15, 0.2) is 24.3 Å². The number of aliphatic hydroxyl groups excluding tert-OH is 3. The van der Waals surface area contributed by atoms with Crippen molar-refractivity contribution in [1.82, 2.24) is 5.32 Å². The molecule has 0 aliphatic rings. The second-order valence-corrected chi connectivity index (χ2v) is 17.4. The Kier molecular flexibility index (Phi) is 45.5. The monoisotopic (exact) mass is 790 g/mol. The van der Waals surface area contributed by atoms with Gasteiger partial charge in [-0.3, -0.25) is 4.79 Å². The lowest BCUT2D eigenvalue weighted by Gasteiger charge is -2.21. The zero-order valence-corrected chi connectivity index (χ0v) is 37.8. The SMILES string of the molecule is CCCCCCCCCCC/C=C\CCCCCCCCC(O)C(=O)NC(CO)C(O)/C=C/CCCCCCCCCCCCCCCCCCCCCCC. The molecule has 0 aliphatic heterocycles. The molecule has 0 radical (unpaired) electrons. The normalized spacial score (nSPS) is 13.6. The van der Waals surface area contributed by atoms with Crippen molar-refractivity contribution in [3.05, 3.63) is 24.3 Å². The Labute approximate surface area is 350 Å².